The van der Waals surface area contributed by atoms with Crippen molar-refractivity contribution in [2.75, 3.05) is 0 Å². The summed E-state index contributed by atoms with van der Waals surface area (Å²) in [6.45, 7) is 0. The number of aromatic nitrogens is 1. The minimum atomic E-state index is -0.279. The van der Waals surface area contributed by atoms with E-state index in [1.807, 2.05) is 0 Å². The average molecular weight is 147 g/mol. The van der Waals surface area contributed by atoms with Gasteiger partial charge in [-0.1, -0.05) is 0 Å². The number of nitrogens with zero attached hydrogens (tertiary/aromatic N) is 1. The number of rotatable bonds is 0. The van der Waals surface area contributed by atoms with Crippen molar-refractivity contribution in [3.05, 3.63) is 36.3 Å². The zero-order valence-corrected chi connectivity index (χ0v) is 7.13. The topological polar surface area (TPSA) is 14.1 Å². The minimum Gasteiger partial charge on any atom is -0.714 e. The molecule has 2 rings (SSSR count). The zero-order chi connectivity index (χ0) is 6.97. The van der Waals surface area contributed by atoms with Crippen LogP contribution in [0.3, 0.4) is 0 Å². The molecule has 0 aliphatic carbocycles. The van der Waals surface area contributed by atoms with Gasteiger partial charge in [0.05, 0.1) is 0 Å². The quantitative estimate of drug-likeness (QED) is 0.272. The van der Waals surface area contributed by atoms with Crippen LogP contribution in [0.5, 0.6) is 0 Å². The monoisotopic (exact) mass is 147 g/mol. The van der Waals surface area contributed by atoms with E-state index in [-0.39, 0.29) is 43.5 Å². The Bertz CT molecular complexity index is 359. The van der Waals surface area contributed by atoms with Crippen LogP contribution >= 0.6 is 0 Å². The maximum atomic E-state index is 12.7. The molecule has 0 unspecified atom stereocenters. The molecule has 50 valence electrons. The van der Waals surface area contributed by atoms with Gasteiger partial charge in [0.1, 0.15) is 0 Å². The van der Waals surface area contributed by atoms with Crippen molar-refractivity contribution in [3.8, 4) is 0 Å². The van der Waals surface area contributed by atoms with Crippen LogP contribution in [0.15, 0.2) is 24.4 Å². The second kappa shape index (κ2) is 4.80. The zero-order valence-electron chi connectivity index (χ0n) is 7.13. The van der Waals surface area contributed by atoms with E-state index >= 15 is 0 Å². The molecule has 0 spiro atoms. The van der Waals surface area contributed by atoms with Crippen LogP contribution in [0, 0.1) is 11.9 Å². The van der Waals surface area contributed by atoms with Crippen LogP contribution in [0.25, 0.3) is 10.9 Å². The smallest absolute Gasteiger partial charge is 0.714 e. The van der Waals surface area contributed by atoms with Gasteiger partial charge in [-0.3, -0.25) is 0 Å². The van der Waals surface area contributed by atoms with Crippen molar-refractivity contribution >= 4 is 10.9 Å². The Labute approximate surface area is 94.1 Å². The van der Waals surface area contributed by atoms with Gasteiger partial charge in [-0.2, -0.15) is 17.0 Å². The van der Waals surface area contributed by atoms with Gasteiger partial charge < -0.3 is 4.98 Å². The molecule has 0 saturated heterocycles. The van der Waals surface area contributed by atoms with Crippen molar-refractivity contribution < 1.29 is 42.1 Å². The summed E-state index contributed by atoms with van der Waals surface area (Å²) in [4.78, 5) is 3.81. The fraction of sp³-hybridized carbons (Fsp3) is 0. The molecule has 0 N–H and O–H groups in total. The Morgan fingerprint density at radius 1 is 1.25 bits per heavy atom. The summed E-state index contributed by atoms with van der Waals surface area (Å²) in [5, 5.41) is 0.736. The fourth-order valence-corrected chi connectivity index (χ4v) is 0.925. The molecule has 12 heavy (non-hydrogen) atoms. The molecule has 0 saturated carbocycles. The fourth-order valence-electron chi connectivity index (χ4n) is 0.925. The van der Waals surface area contributed by atoms with E-state index in [0.29, 0.717) is 5.52 Å². The number of hydrogen-bond acceptors (Lipinski definition) is 0. The molecule has 1 nitrogen and oxygen atoms in total. The molecule has 0 radical (unpaired) electrons. The largest absolute Gasteiger partial charge is 1.00 e. The summed E-state index contributed by atoms with van der Waals surface area (Å²) in [5.41, 5.74) is 0.405. The normalized spacial score (nSPS) is 8.75. The second-order valence-corrected chi connectivity index (χ2v) is 2.03. The summed E-state index contributed by atoms with van der Waals surface area (Å²) in [6.07, 6.45) is 1.57. The minimum absolute atomic E-state index is 0. The number of fused-ring (bicyclic) bond motifs is 1. The first-order valence-corrected chi connectivity index (χ1v) is 2.95. The molecule has 0 fully saturated rings. The third-order valence-electron chi connectivity index (χ3n) is 1.39. The molecule has 2 aromatic rings. The van der Waals surface area contributed by atoms with Gasteiger partial charge in [0.15, 0.2) is 0 Å². The maximum Gasteiger partial charge on any atom is 1.00 e. The van der Waals surface area contributed by atoms with Gasteiger partial charge in [0.2, 0.25) is 0 Å². The van der Waals surface area contributed by atoms with Gasteiger partial charge in [0.25, 0.3) is 0 Å². The van der Waals surface area contributed by atoms with E-state index in [1.165, 1.54) is 6.07 Å². The molecule has 1 aromatic carbocycles. The summed E-state index contributed by atoms with van der Waals surface area (Å²) in [6, 6.07) is 7.52. The van der Waals surface area contributed by atoms with Gasteiger partial charge in [-0.25, -0.2) is 10.6 Å². The predicted molar refractivity (Wildman–Crippen MR) is 36.1 cm³/mol. The van der Waals surface area contributed by atoms with Crippen LogP contribution in [-0.4, -0.2) is 0 Å². The van der Waals surface area contributed by atoms with E-state index in [2.05, 4.69) is 11.1 Å². The van der Waals surface area contributed by atoms with Crippen molar-refractivity contribution in [2.45, 2.75) is 0 Å². The molecule has 0 aliphatic heterocycles. The van der Waals surface area contributed by atoms with Gasteiger partial charge in [0, 0.05) is 5.82 Å². The number of benzene rings is 1. The van der Waals surface area contributed by atoms with Gasteiger partial charge in [-0.05, 0) is 0 Å². The Morgan fingerprint density at radius 3 is 2.67 bits per heavy atom. The van der Waals surface area contributed by atoms with Crippen LogP contribution in [0.2, 0.25) is 0 Å². The molecular formula is C8H4FLi2N. The maximum absolute atomic E-state index is 12.7. The Balaban J connectivity index is 0.000000605. The molecule has 4 heteroatoms. The molecule has 0 aliphatic rings. The molecule has 1 aromatic heterocycles. The summed E-state index contributed by atoms with van der Waals surface area (Å²) in [5.74, 6) is -0.279. The number of halogens is 1. The van der Waals surface area contributed by atoms with Crippen LogP contribution in [-0.2, 0) is 0 Å². The van der Waals surface area contributed by atoms with Crippen LogP contribution in [0.4, 0.5) is 4.39 Å². The van der Waals surface area contributed by atoms with E-state index in [0.717, 1.165) is 5.39 Å². The summed E-state index contributed by atoms with van der Waals surface area (Å²) >= 11 is 0. The predicted octanol–water partition coefficient (Wildman–Crippen LogP) is -4.26. The molecule has 0 bridgehead atoms. The van der Waals surface area contributed by atoms with Crippen LogP contribution in [0.1, 0.15) is 0 Å². The van der Waals surface area contributed by atoms with E-state index < -0.39 is 0 Å². The third-order valence-corrected chi connectivity index (χ3v) is 1.39. The Morgan fingerprint density at radius 2 is 2.00 bits per heavy atom. The molecule has 1 heterocycles. The number of hydrogen-bond donors (Lipinski definition) is 0. The first kappa shape index (κ1) is 11.9. The molecular weight excluding hydrogens is 143 g/mol. The first-order chi connectivity index (χ1) is 4.88. The van der Waals surface area contributed by atoms with Crippen molar-refractivity contribution in [1.29, 1.82) is 0 Å². The van der Waals surface area contributed by atoms with E-state index in [1.54, 1.807) is 18.3 Å². The van der Waals surface area contributed by atoms with Crippen molar-refractivity contribution in [2.24, 2.45) is 0 Å². The molecule has 0 amide bonds. The average Bonchev–Trinajstić information content (AvgIpc) is 2.36. The SMILES string of the molecule is Fc1cc[c-]c2cc[n-]c12.[Li+].[Li+]. The van der Waals surface area contributed by atoms with Gasteiger partial charge >= 0.3 is 37.7 Å². The first-order valence-electron chi connectivity index (χ1n) is 2.95. The Hall–Kier alpha value is -0.115. The van der Waals surface area contributed by atoms with Crippen LogP contribution < -0.4 is 42.7 Å². The van der Waals surface area contributed by atoms with E-state index in [4.69, 9.17) is 0 Å². The van der Waals surface area contributed by atoms with E-state index in [9.17, 15) is 4.39 Å². The van der Waals surface area contributed by atoms with Gasteiger partial charge in [-0.15, -0.1) is 18.2 Å². The summed E-state index contributed by atoms with van der Waals surface area (Å²) < 4.78 is 12.7. The standard InChI is InChI=1S/C8H4FN.2Li/c9-7-3-1-2-6-4-5-10-8(6)7;;/h1,3-5H;;/q-2;2*+1. The summed E-state index contributed by atoms with van der Waals surface area (Å²) in [7, 11) is 0. The van der Waals surface area contributed by atoms with Crippen molar-refractivity contribution in [3.63, 3.8) is 0 Å². The molecule has 0 atom stereocenters. The Kier molecular flexibility index (Phi) is 4.75. The van der Waals surface area contributed by atoms with Crippen molar-refractivity contribution in [1.82, 2.24) is 4.98 Å². The third kappa shape index (κ3) is 1.97. The second-order valence-electron chi connectivity index (χ2n) is 2.03.